The molecule has 0 aliphatic carbocycles. The van der Waals surface area contributed by atoms with Crippen molar-refractivity contribution in [1.29, 1.82) is 0 Å². The van der Waals surface area contributed by atoms with E-state index in [-0.39, 0.29) is 17.4 Å². The van der Waals surface area contributed by atoms with Crippen LogP contribution in [-0.4, -0.2) is 31.3 Å². The van der Waals surface area contributed by atoms with Crippen LogP contribution in [0.2, 0.25) is 0 Å². The van der Waals surface area contributed by atoms with Gasteiger partial charge in [-0.1, -0.05) is 18.1 Å². The minimum Gasteiger partial charge on any atom is -0.381 e. The van der Waals surface area contributed by atoms with E-state index in [1.807, 2.05) is 12.1 Å². The van der Waals surface area contributed by atoms with Crippen molar-refractivity contribution >= 4 is 0 Å². The highest BCUT2D eigenvalue weighted by molar-refractivity contribution is 5.22. The molecule has 0 aromatic heterocycles. The Labute approximate surface area is 131 Å². The summed E-state index contributed by atoms with van der Waals surface area (Å²) in [6.45, 7) is 2.18. The Bertz CT molecular complexity index is 531. The Balaban J connectivity index is 1.79. The summed E-state index contributed by atoms with van der Waals surface area (Å²) in [6, 6.07) is 7.43. The van der Waals surface area contributed by atoms with E-state index in [1.165, 1.54) is 12.1 Å². The third kappa shape index (κ3) is 3.49. The lowest BCUT2D eigenvalue weighted by Crippen LogP contribution is -2.58. The van der Waals surface area contributed by atoms with Crippen molar-refractivity contribution < 1.29 is 9.13 Å². The summed E-state index contributed by atoms with van der Waals surface area (Å²) in [5, 5.41) is 7.28. The molecule has 3 nitrogen and oxygen atoms in total. The zero-order valence-corrected chi connectivity index (χ0v) is 12.8. The summed E-state index contributed by atoms with van der Waals surface area (Å²) in [5.74, 6) is 2.47. The van der Waals surface area contributed by atoms with E-state index in [0.717, 1.165) is 44.5 Å². The molecule has 0 amide bonds. The summed E-state index contributed by atoms with van der Waals surface area (Å²) >= 11 is 0. The smallest absolute Gasteiger partial charge is 0.123 e. The molecule has 2 fully saturated rings. The molecule has 118 valence electrons. The van der Waals surface area contributed by atoms with Crippen molar-refractivity contribution in [3.63, 3.8) is 0 Å². The van der Waals surface area contributed by atoms with Crippen molar-refractivity contribution in [3.05, 3.63) is 35.6 Å². The van der Waals surface area contributed by atoms with Crippen LogP contribution in [0.3, 0.4) is 0 Å². The lowest BCUT2D eigenvalue weighted by atomic mass is 9.76. The molecule has 2 heterocycles. The molecule has 2 saturated heterocycles. The number of hydrogen-bond acceptors (Lipinski definition) is 3. The second-order valence-electron chi connectivity index (χ2n) is 6.36. The lowest BCUT2D eigenvalue weighted by molar-refractivity contribution is 0.0114. The maximum atomic E-state index is 13.2. The largest absolute Gasteiger partial charge is 0.381 e. The monoisotopic (exact) mass is 302 g/mol. The predicted molar refractivity (Wildman–Crippen MR) is 84.9 cm³/mol. The van der Waals surface area contributed by atoms with Gasteiger partial charge >= 0.3 is 0 Å². The van der Waals surface area contributed by atoms with Gasteiger partial charge in [-0.15, -0.1) is 6.42 Å². The van der Waals surface area contributed by atoms with Crippen LogP contribution in [0.1, 0.15) is 37.3 Å². The number of terminal acetylenes is 1. The Morgan fingerprint density at radius 1 is 1.32 bits per heavy atom. The molecular weight excluding hydrogens is 279 g/mol. The van der Waals surface area contributed by atoms with Gasteiger partial charge in [0.15, 0.2) is 0 Å². The van der Waals surface area contributed by atoms with Crippen molar-refractivity contribution in [2.45, 2.75) is 43.3 Å². The first-order valence-corrected chi connectivity index (χ1v) is 7.98. The molecule has 1 spiro atoms. The van der Waals surface area contributed by atoms with E-state index in [4.69, 9.17) is 11.2 Å². The van der Waals surface area contributed by atoms with Crippen molar-refractivity contribution in [3.8, 4) is 12.3 Å². The highest BCUT2D eigenvalue weighted by Crippen LogP contribution is 2.37. The first-order chi connectivity index (χ1) is 10.7. The molecule has 3 rings (SSSR count). The van der Waals surface area contributed by atoms with E-state index in [2.05, 4.69) is 16.6 Å². The Kier molecular flexibility index (Phi) is 4.77. The van der Waals surface area contributed by atoms with E-state index in [9.17, 15) is 4.39 Å². The van der Waals surface area contributed by atoms with E-state index in [1.54, 1.807) is 0 Å². The fraction of sp³-hybridized carbons (Fsp3) is 0.556. The highest BCUT2D eigenvalue weighted by Gasteiger charge is 2.41. The quantitative estimate of drug-likeness (QED) is 0.841. The molecule has 2 atom stereocenters. The second-order valence-corrected chi connectivity index (χ2v) is 6.36. The van der Waals surface area contributed by atoms with Crippen LogP contribution >= 0.6 is 0 Å². The van der Waals surface area contributed by atoms with Crippen molar-refractivity contribution in [2.24, 2.45) is 0 Å². The van der Waals surface area contributed by atoms with Crippen LogP contribution < -0.4 is 10.6 Å². The maximum absolute atomic E-state index is 13.2. The average Bonchev–Trinajstić information content (AvgIpc) is 2.54. The van der Waals surface area contributed by atoms with Gasteiger partial charge in [0.25, 0.3) is 0 Å². The molecule has 0 unspecified atom stereocenters. The van der Waals surface area contributed by atoms with Crippen LogP contribution in [0.25, 0.3) is 0 Å². The van der Waals surface area contributed by atoms with Gasteiger partial charge in [-0.3, -0.25) is 0 Å². The first kappa shape index (κ1) is 15.5. The Hall–Kier alpha value is -1.41. The van der Waals surface area contributed by atoms with Crippen molar-refractivity contribution in [1.82, 2.24) is 10.6 Å². The molecule has 2 aliphatic rings. The predicted octanol–water partition coefficient (Wildman–Crippen LogP) is 2.39. The van der Waals surface area contributed by atoms with Gasteiger partial charge in [0.05, 0.1) is 6.54 Å². The lowest BCUT2D eigenvalue weighted by Gasteiger charge is -2.48. The third-order valence-electron chi connectivity index (χ3n) is 4.85. The molecule has 0 saturated carbocycles. The zero-order valence-electron chi connectivity index (χ0n) is 12.8. The minimum atomic E-state index is -0.192. The second kappa shape index (κ2) is 6.78. The van der Waals surface area contributed by atoms with Crippen LogP contribution in [0.5, 0.6) is 0 Å². The number of nitrogens with one attached hydrogen (secondary N) is 2. The summed E-state index contributed by atoms with van der Waals surface area (Å²) in [5.41, 5.74) is 1.24. The van der Waals surface area contributed by atoms with Gasteiger partial charge in [0.2, 0.25) is 0 Å². The molecular formula is C18H23FN2O. The molecule has 2 N–H and O–H groups in total. The topological polar surface area (TPSA) is 33.3 Å². The van der Waals surface area contributed by atoms with Crippen molar-refractivity contribution in [2.75, 3.05) is 19.8 Å². The Morgan fingerprint density at radius 2 is 2.05 bits per heavy atom. The number of hydrogen-bond donors (Lipinski definition) is 2. The minimum absolute atomic E-state index is 0.0990. The summed E-state index contributed by atoms with van der Waals surface area (Å²) in [4.78, 5) is 0. The fourth-order valence-corrected chi connectivity index (χ4v) is 3.71. The average molecular weight is 302 g/mol. The molecule has 0 radical (unpaired) electrons. The fourth-order valence-electron chi connectivity index (χ4n) is 3.71. The standard InChI is InChI=1S/C18H23FN2O/c1-2-9-20-16-12-17(14-3-5-15(19)6-4-14)21-18(13-16)7-10-22-11-8-18/h1,3-6,16-17,20-21H,7-13H2/t16-,17+/m1/s1. The number of ether oxygens (including phenoxy) is 1. The van der Waals surface area contributed by atoms with Gasteiger partial charge in [-0.2, -0.15) is 0 Å². The van der Waals surface area contributed by atoms with E-state index in [0.29, 0.717) is 12.6 Å². The molecule has 4 heteroatoms. The molecule has 2 aliphatic heterocycles. The van der Waals surface area contributed by atoms with Gasteiger partial charge in [-0.05, 0) is 43.4 Å². The zero-order chi connectivity index (χ0) is 15.4. The van der Waals surface area contributed by atoms with Crippen LogP contribution in [0.4, 0.5) is 4.39 Å². The first-order valence-electron chi connectivity index (χ1n) is 7.98. The van der Waals surface area contributed by atoms with Gasteiger partial charge in [0.1, 0.15) is 5.82 Å². The summed E-state index contributed by atoms with van der Waals surface area (Å²) < 4.78 is 18.7. The summed E-state index contributed by atoms with van der Waals surface area (Å²) in [7, 11) is 0. The van der Waals surface area contributed by atoms with Crippen LogP contribution in [0, 0.1) is 18.2 Å². The third-order valence-corrected chi connectivity index (χ3v) is 4.85. The SMILES string of the molecule is C#CCN[C@@H]1C[C@@H](c2ccc(F)cc2)NC2(CCOCC2)C1. The van der Waals surface area contributed by atoms with Gasteiger partial charge < -0.3 is 15.4 Å². The van der Waals surface area contributed by atoms with Gasteiger partial charge in [0, 0.05) is 30.8 Å². The number of piperidine rings is 1. The Morgan fingerprint density at radius 3 is 2.73 bits per heavy atom. The molecule has 1 aromatic carbocycles. The number of benzene rings is 1. The normalized spacial score (nSPS) is 27.5. The van der Waals surface area contributed by atoms with E-state index >= 15 is 0 Å². The highest BCUT2D eigenvalue weighted by atomic mass is 19.1. The van der Waals surface area contributed by atoms with Crippen LogP contribution in [0.15, 0.2) is 24.3 Å². The maximum Gasteiger partial charge on any atom is 0.123 e. The number of halogens is 1. The van der Waals surface area contributed by atoms with E-state index < -0.39 is 0 Å². The molecule has 0 bridgehead atoms. The van der Waals surface area contributed by atoms with Crippen LogP contribution in [-0.2, 0) is 4.74 Å². The molecule has 22 heavy (non-hydrogen) atoms. The van der Waals surface area contributed by atoms with Gasteiger partial charge in [-0.25, -0.2) is 4.39 Å². The molecule has 1 aromatic rings. The summed E-state index contributed by atoms with van der Waals surface area (Å²) in [6.07, 6.45) is 9.45. The number of rotatable bonds is 3.